The van der Waals surface area contributed by atoms with Gasteiger partial charge in [0.2, 0.25) is 0 Å². The van der Waals surface area contributed by atoms with Crippen molar-refractivity contribution >= 4 is 11.1 Å². The quantitative estimate of drug-likeness (QED) is 0.479. The SMILES string of the molecule is CCCCC[CH]S(=O)O. The van der Waals surface area contributed by atoms with Crippen LogP contribution in [0.25, 0.3) is 0 Å². The topological polar surface area (TPSA) is 37.3 Å². The number of hydrogen-bond donors (Lipinski definition) is 1. The molecule has 0 spiro atoms. The van der Waals surface area contributed by atoms with Gasteiger partial charge in [-0.05, 0) is 6.42 Å². The van der Waals surface area contributed by atoms with E-state index in [9.17, 15) is 4.21 Å². The molecule has 2 nitrogen and oxygen atoms in total. The van der Waals surface area contributed by atoms with E-state index in [0.717, 1.165) is 25.7 Å². The molecule has 0 aliphatic carbocycles. The molecule has 0 heterocycles. The smallest absolute Gasteiger partial charge is 0.157 e. The van der Waals surface area contributed by atoms with Crippen molar-refractivity contribution in [2.45, 2.75) is 32.6 Å². The fourth-order valence-corrected chi connectivity index (χ4v) is 0.947. The zero-order valence-electron chi connectivity index (χ0n) is 5.67. The first-order chi connectivity index (χ1) is 4.27. The van der Waals surface area contributed by atoms with Crippen molar-refractivity contribution in [1.29, 1.82) is 0 Å². The molecule has 0 bridgehead atoms. The van der Waals surface area contributed by atoms with Crippen LogP contribution < -0.4 is 0 Å². The van der Waals surface area contributed by atoms with Crippen LogP contribution in [0.15, 0.2) is 0 Å². The average Bonchev–Trinajstić information content (AvgIpc) is 1.80. The fraction of sp³-hybridized carbons (Fsp3) is 0.833. The highest BCUT2D eigenvalue weighted by Gasteiger charge is 1.92. The van der Waals surface area contributed by atoms with Gasteiger partial charge in [-0.2, -0.15) is 0 Å². The lowest BCUT2D eigenvalue weighted by Gasteiger charge is -1.92. The summed E-state index contributed by atoms with van der Waals surface area (Å²) in [6, 6.07) is 0. The molecule has 0 aromatic rings. The van der Waals surface area contributed by atoms with Gasteiger partial charge >= 0.3 is 0 Å². The molecule has 0 rings (SSSR count). The van der Waals surface area contributed by atoms with Crippen LogP contribution in [-0.4, -0.2) is 8.76 Å². The van der Waals surface area contributed by atoms with Gasteiger partial charge in [0, 0.05) is 0 Å². The molecule has 0 aliphatic rings. The van der Waals surface area contributed by atoms with E-state index < -0.39 is 11.1 Å². The highest BCUT2D eigenvalue weighted by atomic mass is 32.2. The summed E-state index contributed by atoms with van der Waals surface area (Å²) in [6.45, 7) is 2.11. The van der Waals surface area contributed by atoms with Crippen LogP contribution in [0, 0.1) is 5.75 Å². The summed E-state index contributed by atoms with van der Waals surface area (Å²) in [4.78, 5) is 0. The molecule has 1 unspecified atom stereocenters. The Labute approximate surface area is 58.9 Å². The first-order valence-electron chi connectivity index (χ1n) is 3.20. The lowest BCUT2D eigenvalue weighted by atomic mass is 10.2. The molecule has 3 heteroatoms. The van der Waals surface area contributed by atoms with Crippen molar-refractivity contribution < 1.29 is 8.76 Å². The van der Waals surface area contributed by atoms with Gasteiger partial charge in [-0.3, -0.25) is 0 Å². The molecular formula is C6H13O2S. The van der Waals surface area contributed by atoms with Crippen molar-refractivity contribution in [3.05, 3.63) is 5.75 Å². The van der Waals surface area contributed by atoms with Crippen LogP contribution in [0.4, 0.5) is 0 Å². The predicted molar refractivity (Wildman–Crippen MR) is 39.2 cm³/mol. The van der Waals surface area contributed by atoms with E-state index in [4.69, 9.17) is 4.55 Å². The molecule has 9 heavy (non-hydrogen) atoms. The Morgan fingerprint density at radius 2 is 2.22 bits per heavy atom. The van der Waals surface area contributed by atoms with Crippen molar-refractivity contribution in [1.82, 2.24) is 0 Å². The first kappa shape index (κ1) is 9.11. The lowest BCUT2D eigenvalue weighted by molar-refractivity contribution is 0.566. The Bertz CT molecular complexity index is 83.1. The second-order valence-corrected chi connectivity index (χ2v) is 2.82. The zero-order chi connectivity index (χ0) is 7.11. The molecule has 1 N–H and O–H groups in total. The van der Waals surface area contributed by atoms with Crippen LogP contribution in [-0.2, 0) is 11.1 Å². The second-order valence-electron chi connectivity index (χ2n) is 1.94. The molecule has 0 saturated heterocycles. The maximum absolute atomic E-state index is 10.0. The molecule has 0 aromatic carbocycles. The third-order valence-electron chi connectivity index (χ3n) is 1.07. The molecule has 1 atom stereocenters. The number of unbranched alkanes of at least 4 members (excludes halogenated alkanes) is 3. The Balaban J connectivity index is 2.83. The van der Waals surface area contributed by atoms with E-state index in [1.807, 2.05) is 0 Å². The van der Waals surface area contributed by atoms with Crippen molar-refractivity contribution in [2.24, 2.45) is 0 Å². The van der Waals surface area contributed by atoms with Gasteiger partial charge in [0.15, 0.2) is 11.1 Å². The summed E-state index contributed by atoms with van der Waals surface area (Å²) >= 11 is -1.69. The summed E-state index contributed by atoms with van der Waals surface area (Å²) in [6.07, 6.45) is 4.10. The van der Waals surface area contributed by atoms with Crippen LogP contribution in [0.3, 0.4) is 0 Å². The minimum Gasteiger partial charge on any atom is -0.306 e. The van der Waals surface area contributed by atoms with Crippen LogP contribution in [0.5, 0.6) is 0 Å². The lowest BCUT2D eigenvalue weighted by Crippen LogP contribution is -1.86. The summed E-state index contributed by atoms with van der Waals surface area (Å²) in [5.74, 6) is 1.43. The molecule has 55 valence electrons. The number of hydrogen-bond acceptors (Lipinski definition) is 1. The van der Waals surface area contributed by atoms with Crippen LogP contribution in [0.2, 0.25) is 0 Å². The normalized spacial score (nSPS) is 13.6. The van der Waals surface area contributed by atoms with Crippen LogP contribution in [0.1, 0.15) is 32.6 Å². The predicted octanol–water partition coefficient (Wildman–Crippen LogP) is 1.95. The summed E-state index contributed by atoms with van der Waals surface area (Å²) in [7, 11) is 0. The molecular weight excluding hydrogens is 136 g/mol. The van der Waals surface area contributed by atoms with E-state index in [1.54, 1.807) is 0 Å². The largest absolute Gasteiger partial charge is 0.306 e. The Morgan fingerprint density at radius 3 is 2.67 bits per heavy atom. The van der Waals surface area contributed by atoms with E-state index in [-0.39, 0.29) is 0 Å². The highest BCUT2D eigenvalue weighted by molar-refractivity contribution is 7.81. The molecule has 0 saturated carbocycles. The van der Waals surface area contributed by atoms with Crippen molar-refractivity contribution in [2.75, 3.05) is 0 Å². The Hall–Kier alpha value is 0.110. The standard InChI is InChI=1S/C6H13O2S/c1-2-3-4-5-6-9(7)8/h6H,2-5H2,1H3,(H,7,8). The van der Waals surface area contributed by atoms with Gasteiger partial charge < -0.3 is 4.55 Å². The zero-order valence-corrected chi connectivity index (χ0v) is 6.49. The fourth-order valence-electron chi connectivity index (χ4n) is 0.578. The molecule has 0 amide bonds. The minimum absolute atomic E-state index is 0.761. The van der Waals surface area contributed by atoms with Crippen molar-refractivity contribution in [3.63, 3.8) is 0 Å². The molecule has 1 radical (unpaired) electrons. The third-order valence-corrected chi connectivity index (χ3v) is 1.59. The second kappa shape index (κ2) is 6.23. The van der Waals surface area contributed by atoms with Gasteiger partial charge in [-0.1, -0.05) is 26.2 Å². The molecule has 0 aromatic heterocycles. The average molecular weight is 149 g/mol. The number of rotatable bonds is 5. The van der Waals surface area contributed by atoms with Gasteiger partial charge in [0.1, 0.15) is 0 Å². The summed E-state index contributed by atoms with van der Waals surface area (Å²) in [5.41, 5.74) is 0. The van der Waals surface area contributed by atoms with E-state index in [0.29, 0.717) is 0 Å². The Morgan fingerprint density at radius 1 is 1.56 bits per heavy atom. The van der Waals surface area contributed by atoms with E-state index in [1.165, 1.54) is 5.75 Å². The van der Waals surface area contributed by atoms with E-state index in [2.05, 4.69) is 6.92 Å². The maximum atomic E-state index is 10.0. The third kappa shape index (κ3) is 8.11. The molecule has 0 fully saturated rings. The summed E-state index contributed by atoms with van der Waals surface area (Å²) < 4.78 is 18.3. The minimum atomic E-state index is -1.69. The molecule has 0 aliphatic heterocycles. The first-order valence-corrected chi connectivity index (χ1v) is 4.37. The summed E-state index contributed by atoms with van der Waals surface area (Å²) in [5, 5.41) is 0. The van der Waals surface area contributed by atoms with Gasteiger partial charge in [0.05, 0.1) is 5.75 Å². The van der Waals surface area contributed by atoms with Gasteiger partial charge in [0.25, 0.3) is 0 Å². The Kier molecular flexibility index (Phi) is 6.31. The monoisotopic (exact) mass is 149 g/mol. The van der Waals surface area contributed by atoms with Gasteiger partial charge in [-0.25, -0.2) is 4.21 Å². The van der Waals surface area contributed by atoms with Crippen LogP contribution >= 0.6 is 0 Å². The van der Waals surface area contributed by atoms with Crippen molar-refractivity contribution in [3.8, 4) is 0 Å². The van der Waals surface area contributed by atoms with E-state index >= 15 is 0 Å². The van der Waals surface area contributed by atoms with Gasteiger partial charge in [-0.15, -0.1) is 0 Å². The highest BCUT2D eigenvalue weighted by Crippen LogP contribution is 2.02. The maximum Gasteiger partial charge on any atom is 0.157 e.